The molecule has 1 spiro atoms. The molecule has 3 heterocycles. The lowest BCUT2D eigenvalue weighted by Gasteiger charge is -2.43. The lowest BCUT2D eigenvalue weighted by Crippen LogP contribution is -2.59. The van der Waals surface area contributed by atoms with Gasteiger partial charge in [0.25, 0.3) is 15.7 Å². The van der Waals surface area contributed by atoms with Gasteiger partial charge in [0.1, 0.15) is 18.8 Å². The van der Waals surface area contributed by atoms with Crippen LogP contribution in [0.3, 0.4) is 0 Å². The summed E-state index contributed by atoms with van der Waals surface area (Å²) in [7, 11) is -5.59. The van der Waals surface area contributed by atoms with Gasteiger partial charge in [0.15, 0.2) is 20.1 Å². The molecule has 35 heavy (non-hydrogen) atoms. The third-order valence-corrected chi connectivity index (χ3v) is 12.4. The molecular weight excluding hydrogens is 498 g/mol. The molecule has 1 aromatic rings. The summed E-state index contributed by atoms with van der Waals surface area (Å²) in [5, 5.41) is 0.448. The van der Waals surface area contributed by atoms with Crippen molar-refractivity contribution < 1.29 is 31.3 Å². The van der Waals surface area contributed by atoms with Crippen LogP contribution in [0.1, 0.15) is 39.5 Å². The van der Waals surface area contributed by atoms with Crippen LogP contribution in [0.2, 0.25) is 18.1 Å². The van der Waals surface area contributed by atoms with E-state index < -0.39 is 66.3 Å². The lowest BCUT2D eigenvalue weighted by atomic mass is 9.89. The van der Waals surface area contributed by atoms with Crippen molar-refractivity contribution in [2.45, 2.75) is 76.8 Å². The third-order valence-electron chi connectivity index (χ3n) is 6.86. The number of nitrogens with two attached hydrogens (primary N) is 1. The standard InChI is InChI=1S/C21H33N3O9SSi/c1-12-9-24(19(27)23(6)17(12)26)18-16(32-35(7,8)20(3,4)5)21(14(22)11-34(28,29)33-21)15(31-18)10-30-13(2)25/h9,11,15-16,18H,10,22H2,1-8H3/t15-,16+,18-,21-/m1/s1. The number of carbonyl (C=O) groups excluding carboxylic acids is 1. The molecule has 2 N–H and O–H groups in total. The molecule has 2 aliphatic heterocycles. The quantitative estimate of drug-likeness (QED) is 0.324. The van der Waals surface area contributed by atoms with E-state index in [9.17, 15) is 22.8 Å². The van der Waals surface area contributed by atoms with Crippen molar-refractivity contribution in [2.75, 3.05) is 6.61 Å². The highest BCUT2D eigenvalue weighted by Gasteiger charge is 2.67. The number of nitrogens with zero attached hydrogens (tertiary/aromatic N) is 2. The van der Waals surface area contributed by atoms with Crippen LogP contribution in [0.15, 0.2) is 26.9 Å². The summed E-state index contributed by atoms with van der Waals surface area (Å²) in [5.74, 6) is -0.632. The Labute approximate surface area is 204 Å². The van der Waals surface area contributed by atoms with E-state index in [1.54, 1.807) is 0 Å². The summed E-state index contributed by atoms with van der Waals surface area (Å²) < 4.78 is 50.7. The molecule has 1 fully saturated rings. The highest BCUT2D eigenvalue weighted by molar-refractivity contribution is 7.90. The second-order valence-corrected chi connectivity index (χ2v) is 16.6. The number of aryl methyl sites for hydroxylation is 1. The van der Waals surface area contributed by atoms with Crippen LogP contribution in [0.4, 0.5) is 0 Å². The Morgan fingerprint density at radius 1 is 1.29 bits per heavy atom. The Bertz CT molecular complexity index is 1290. The fraction of sp³-hybridized carbons (Fsp3) is 0.667. The summed E-state index contributed by atoms with van der Waals surface area (Å²) in [5.41, 5.74) is 3.21. The van der Waals surface area contributed by atoms with Crippen molar-refractivity contribution in [3.05, 3.63) is 43.7 Å². The summed E-state index contributed by atoms with van der Waals surface area (Å²) in [6, 6.07) is 0. The second kappa shape index (κ2) is 8.69. The topological polar surface area (TPSA) is 158 Å². The zero-order chi connectivity index (χ0) is 26.7. The molecule has 0 amide bonds. The predicted molar refractivity (Wildman–Crippen MR) is 128 cm³/mol. The van der Waals surface area contributed by atoms with Crippen LogP contribution in [-0.2, 0) is 40.0 Å². The van der Waals surface area contributed by atoms with Gasteiger partial charge < -0.3 is 19.6 Å². The van der Waals surface area contributed by atoms with Crippen molar-refractivity contribution in [3.63, 3.8) is 0 Å². The van der Waals surface area contributed by atoms with E-state index in [2.05, 4.69) is 0 Å². The first kappa shape index (κ1) is 27.3. The van der Waals surface area contributed by atoms with Gasteiger partial charge in [-0.1, -0.05) is 20.8 Å². The second-order valence-electron chi connectivity index (χ2n) is 10.4. The van der Waals surface area contributed by atoms with E-state index >= 15 is 0 Å². The average Bonchev–Trinajstić information content (AvgIpc) is 3.13. The molecule has 4 atom stereocenters. The van der Waals surface area contributed by atoms with E-state index in [4.69, 9.17) is 23.8 Å². The SMILES string of the molecule is CC(=O)OC[C@H]1O[C@@H](n2cc(C)c(=O)n(C)c2=O)[C@H](O[Si](C)(C)C(C)(C)C)[C@]12OS(=O)(=O)C=C2N. The highest BCUT2D eigenvalue weighted by atomic mass is 32.2. The fourth-order valence-electron chi connectivity index (χ4n) is 3.93. The molecule has 0 unspecified atom stereocenters. The van der Waals surface area contributed by atoms with Crippen molar-refractivity contribution in [1.82, 2.24) is 9.13 Å². The van der Waals surface area contributed by atoms with Gasteiger partial charge in [0.2, 0.25) is 0 Å². The van der Waals surface area contributed by atoms with Gasteiger partial charge in [-0.3, -0.25) is 18.7 Å². The number of aromatic nitrogens is 2. The number of hydrogen-bond acceptors (Lipinski definition) is 10. The molecule has 0 saturated carbocycles. The summed E-state index contributed by atoms with van der Waals surface area (Å²) >= 11 is 0. The number of ether oxygens (including phenoxy) is 2. The Balaban J connectivity index is 2.29. The van der Waals surface area contributed by atoms with Gasteiger partial charge in [-0.2, -0.15) is 8.42 Å². The van der Waals surface area contributed by atoms with Gasteiger partial charge in [0, 0.05) is 25.7 Å². The van der Waals surface area contributed by atoms with Crippen molar-refractivity contribution in [3.8, 4) is 0 Å². The van der Waals surface area contributed by atoms with Crippen molar-refractivity contribution in [2.24, 2.45) is 12.8 Å². The molecule has 12 nitrogen and oxygen atoms in total. The Hall–Kier alpha value is -2.26. The Morgan fingerprint density at radius 3 is 2.37 bits per heavy atom. The lowest BCUT2D eigenvalue weighted by molar-refractivity contribution is -0.148. The molecule has 3 rings (SSSR count). The Morgan fingerprint density at radius 2 is 1.89 bits per heavy atom. The minimum Gasteiger partial charge on any atom is -0.463 e. The van der Waals surface area contributed by atoms with Crippen molar-refractivity contribution >= 4 is 24.4 Å². The van der Waals surface area contributed by atoms with E-state index in [-0.39, 0.29) is 16.3 Å². The minimum absolute atomic E-state index is 0.199. The van der Waals surface area contributed by atoms with Gasteiger partial charge >= 0.3 is 11.7 Å². The zero-order valence-electron chi connectivity index (χ0n) is 21.1. The average molecular weight is 532 g/mol. The normalized spacial score (nSPS) is 28.3. The molecule has 0 aliphatic carbocycles. The molecule has 196 valence electrons. The minimum atomic E-state index is -4.24. The van der Waals surface area contributed by atoms with Crippen LogP contribution < -0.4 is 17.0 Å². The molecule has 0 aromatic carbocycles. The number of rotatable bonds is 5. The molecule has 14 heteroatoms. The number of hydrogen-bond donors (Lipinski definition) is 1. The number of carbonyl (C=O) groups is 1. The summed E-state index contributed by atoms with van der Waals surface area (Å²) in [6.45, 7) is 12.2. The zero-order valence-corrected chi connectivity index (χ0v) is 23.0. The fourth-order valence-corrected chi connectivity index (χ4v) is 6.44. The van der Waals surface area contributed by atoms with Gasteiger partial charge in [-0.15, -0.1) is 0 Å². The third kappa shape index (κ3) is 4.64. The first-order valence-electron chi connectivity index (χ1n) is 11.0. The van der Waals surface area contributed by atoms with Crippen LogP contribution in [0.25, 0.3) is 0 Å². The van der Waals surface area contributed by atoms with Crippen LogP contribution in [-0.4, -0.2) is 56.3 Å². The van der Waals surface area contributed by atoms with Gasteiger partial charge in [0.05, 0.1) is 11.1 Å². The first-order chi connectivity index (χ1) is 15.8. The van der Waals surface area contributed by atoms with E-state index in [1.165, 1.54) is 27.1 Å². The van der Waals surface area contributed by atoms with E-state index in [0.29, 0.717) is 0 Å². The highest BCUT2D eigenvalue weighted by Crippen LogP contribution is 2.51. The van der Waals surface area contributed by atoms with Crippen LogP contribution in [0.5, 0.6) is 0 Å². The van der Waals surface area contributed by atoms with E-state index in [1.807, 2.05) is 33.9 Å². The molecule has 1 aromatic heterocycles. The Kier molecular flexibility index (Phi) is 6.79. The first-order valence-corrected chi connectivity index (χ1v) is 15.4. The maximum Gasteiger partial charge on any atom is 0.332 e. The maximum atomic E-state index is 13.1. The summed E-state index contributed by atoms with van der Waals surface area (Å²) in [6.07, 6.45) is -2.39. The van der Waals surface area contributed by atoms with Gasteiger partial charge in [-0.05, 0) is 25.1 Å². The monoisotopic (exact) mass is 531 g/mol. The smallest absolute Gasteiger partial charge is 0.332 e. The van der Waals surface area contributed by atoms with Gasteiger partial charge in [-0.25, -0.2) is 8.98 Å². The summed E-state index contributed by atoms with van der Waals surface area (Å²) in [4.78, 5) is 37.0. The molecule has 1 saturated heterocycles. The largest absolute Gasteiger partial charge is 0.463 e. The molecule has 0 bridgehead atoms. The van der Waals surface area contributed by atoms with Crippen LogP contribution in [0, 0.1) is 6.92 Å². The molecular formula is C21H33N3O9SSi. The molecule has 0 radical (unpaired) electrons. The van der Waals surface area contributed by atoms with E-state index in [0.717, 1.165) is 14.5 Å². The van der Waals surface area contributed by atoms with Crippen molar-refractivity contribution in [1.29, 1.82) is 0 Å². The number of esters is 1. The predicted octanol–water partition coefficient (Wildman–Crippen LogP) is 0.605. The maximum absolute atomic E-state index is 13.1. The molecule has 2 aliphatic rings. The van der Waals surface area contributed by atoms with Crippen LogP contribution >= 0.6 is 0 Å².